The molecule has 3 heterocycles. The molecular formula is C28H38F3N9O2. The molecule has 0 bridgehead atoms. The predicted octanol–water partition coefficient (Wildman–Crippen LogP) is 4.61. The molecule has 2 fully saturated rings. The van der Waals surface area contributed by atoms with E-state index in [1.165, 1.54) is 18.7 Å². The average Bonchev–Trinajstić information content (AvgIpc) is 3.29. The molecule has 14 heteroatoms. The molecule has 2 aliphatic carbocycles. The van der Waals surface area contributed by atoms with Crippen LogP contribution in [-0.4, -0.2) is 58.6 Å². The molecule has 42 heavy (non-hydrogen) atoms. The molecule has 2 N–H and O–H groups in total. The summed E-state index contributed by atoms with van der Waals surface area (Å²) in [6.45, 7) is 6.53. The van der Waals surface area contributed by atoms with Crippen LogP contribution in [0.3, 0.4) is 0 Å². The highest BCUT2D eigenvalue weighted by molar-refractivity contribution is 6.00. The van der Waals surface area contributed by atoms with Crippen LogP contribution in [0.2, 0.25) is 0 Å². The van der Waals surface area contributed by atoms with Gasteiger partial charge in [-0.25, -0.2) is 8.78 Å². The summed E-state index contributed by atoms with van der Waals surface area (Å²) in [6, 6.07) is -0.512. The molecule has 0 saturated heterocycles. The molecule has 0 aliphatic heterocycles. The van der Waals surface area contributed by atoms with Crippen molar-refractivity contribution >= 4 is 17.5 Å². The van der Waals surface area contributed by atoms with Crippen LogP contribution < -0.4 is 10.6 Å². The molecule has 2 aliphatic rings. The molecule has 3 aromatic rings. The van der Waals surface area contributed by atoms with Gasteiger partial charge in [0.25, 0.3) is 11.9 Å². The Labute approximate surface area is 242 Å². The summed E-state index contributed by atoms with van der Waals surface area (Å²) in [7, 11) is 0. The van der Waals surface area contributed by atoms with Gasteiger partial charge >= 0.3 is 0 Å². The summed E-state index contributed by atoms with van der Waals surface area (Å²) in [5.74, 6) is -1.03. The highest BCUT2D eigenvalue weighted by Gasteiger charge is 2.35. The van der Waals surface area contributed by atoms with Crippen molar-refractivity contribution in [2.75, 3.05) is 5.32 Å². The third-order valence-electron chi connectivity index (χ3n) is 8.25. The number of aromatic nitrogens is 7. The fraction of sp³-hybridized carbons (Fsp3) is 0.643. The third-order valence-corrected chi connectivity index (χ3v) is 8.25. The van der Waals surface area contributed by atoms with Crippen molar-refractivity contribution in [2.45, 2.75) is 96.8 Å². The van der Waals surface area contributed by atoms with E-state index in [0.29, 0.717) is 24.1 Å². The highest BCUT2D eigenvalue weighted by atomic mass is 19.3. The number of nitrogens with zero attached hydrogens (tertiary/aromatic N) is 7. The van der Waals surface area contributed by atoms with Gasteiger partial charge in [-0.1, -0.05) is 19.8 Å². The first-order chi connectivity index (χ1) is 20.1. The fourth-order valence-corrected chi connectivity index (χ4v) is 5.70. The predicted molar refractivity (Wildman–Crippen MR) is 147 cm³/mol. The Morgan fingerprint density at radius 2 is 1.86 bits per heavy atom. The van der Waals surface area contributed by atoms with Crippen LogP contribution in [-0.2, 0) is 11.3 Å². The Hall–Kier alpha value is -3.71. The summed E-state index contributed by atoms with van der Waals surface area (Å²) >= 11 is 0. The smallest absolute Gasteiger partial charge is 0.270 e. The van der Waals surface area contributed by atoms with Gasteiger partial charge in [0, 0.05) is 25.2 Å². The molecule has 0 unspecified atom stereocenters. The Bertz CT molecular complexity index is 1370. The van der Waals surface area contributed by atoms with Gasteiger partial charge in [-0.15, -0.1) is 15.3 Å². The van der Waals surface area contributed by atoms with E-state index >= 15 is 4.39 Å². The SMILES string of the molecule is CC1CCC([C@H](NC(=O)c2ccnn2C(C)C)C(=O)Nc2cn([C@@H](CC(F)F)c3nncn3CC3CC3)nc2F)CC1. The minimum Gasteiger partial charge on any atom is -0.339 e. The summed E-state index contributed by atoms with van der Waals surface area (Å²) in [4.78, 5) is 26.9. The highest BCUT2D eigenvalue weighted by Crippen LogP contribution is 2.34. The van der Waals surface area contributed by atoms with Crippen molar-refractivity contribution in [3.05, 3.63) is 42.3 Å². The number of halogens is 3. The van der Waals surface area contributed by atoms with Crippen molar-refractivity contribution in [1.82, 2.24) is 39.6 Å². The number of amides is 2. The molecule has 5 rings (SSSR count). The van der Waals surface area contributed by atoms with Crippen LogP contribution in [0.1, 0.15) is 94.1 Å². The molecule has 0 spiro atoms. The van der Waals surface area contributed by atoms with Gasteiger partial charge in [-0.2, -0.15) is 9.49 Å². The Balaban J connectivity index is 1.37. The van der Waals surface area contributed by atoms with Crippen LogP contribution in [0, 0.1) is 23.7 Å². The molecule has 3 aromatic heterocycles. The van der Waals surface area contributed by atoms with E-state index in [4.69, 9.17) is 0 Å². The molecule has 0 aromatic carbocycles. The minimum atomic E-state index is -2.71. The Kier molecular flexibility index (Phi) is 8.97. The van der Waals surface area contributed by atoms with Crippen LogP contribution in [0.4, 0.5) is 18.9 Å². The Morgan fingerprint density at radius 3 is 2.52 bits per heavy atom. The fourth-order valence-electron chi connectivity index (χ4n) is 5.70. The molecule has 2 amide bonds. The first-order valence-electron chi connectivity index (χ1n) is 14.7. The van der Waals surface area contributed by atoms with Gasteiger partial charge in [-0.3, -0.25) is 19.0 Å². The van der Waals surface area contributed by atoms with E-state index in [-0.39, 0.29) is 23.5 Å². The molecule has 11 nitrogen and oxygen atoms in total. The monoisotopic (exact) mass is 589 g/mol. The van der Waals surface area contributed by atoms with Crippen molar-refractivity contribution in [1.29, 1.82) is 0 Å². The topological polar surface area (TPSA) is 125 Å². The lowest BCUT2D eigenvalue weighted by Crippen LogP contribution is -2.49. The number of hydrogen-bond acceptors (Lipinski definition) is 6. The lowest BCUT2D eigenvalue weighted by atomic mass is 9.79. The standard InChI is InChI=1S/C28H38F3N9O2/c1-16(2)40-21(10-11-33-40)27(41)35-24(19-8-4-17(3)5-9-19)28(42)34-20-14-39(37-25(20)31)22(12-23(29)30)26-36-32-15-38(26)13-18-6-7-18/h10-11,14-19,22-24H,4-9,12-13H2,1-3H3,(H,34,42)(H,35,41)/t17?,19?,22-,24-/m0/s1. The van der Waals surface area contributed by atoms with Crippen LogP contribution in [0.25, 0.3) is 0 Å². The molecule has 228 valence electrons. The number of carbonyl (C=O) groups excluding carboxylic acids is 2. The van der Waals surface area contributed by atoms with Gasteiger partial charge in [0.05, 0.1) is 6.20 Å². The van der Waals surface area contributed by atoms with E-state index < -0.39 is 42.7 Å². The normalized spacial score (nSPS) is 20.6. The number of carbonyl (C=O) groups is 2. The number of nitrogens with one attached hydrogen (secondary N) is 2. The van der Waals surface area contributed by atoms with Crippen LogP contribution in [0.15, 0.2) is 24.8 Å². The number of alkyl halides is 2. The summed E-state index contributed by atoms with van der Waals surface area (Å²) in [5, 5.41) is 21.4. The molecule has 2 saturated carbocycles. The van der Waals surface area contributed by atoms with E-state index in [0.717, 1.165) is 43.2 Å². The van der Waals surface area contributed by atoms with Gasteiger partial charge < -0.3 is 15.2 Å². The maximum Gasteiger partial charge on any atom is 0.270 e. The first kappa shape index (κ1) is 29.8. The van der Waals surface area contributed by atoms with Crippen molar-refractivity contribution in [2.24, 2.45) is 17.8 Å². The second kappa shape index (κ2) is 12.7. The van der Waals surface area contributed by atoms with Gasteiger partial charge in [0.2, 0.25) is 12.3 Å². The maximum atomic E-state index is 15.1. The third kappa shape index (κ3) is 6.84. The van der Waals surface area contributed by atoms with Crippen molar-refractivity contribution < 1.29 is 22.8 Å². The van der Waals surface area contributed by atoms with Crippen LogP contribution >= 0.6 is 0 Å². The largest absolute Gasteiger partial charge is 0.339 e. The maximum absolute atomic E-state index is 15.1. The number of hydrogen-bond donors (Lipinski definition) is 2. The van der Waals surface area contributed by atoms with Crippen molar-refractivity contribution in [3.8, 4) is 0 Å². The average molecular weight is 590 g/mol. The van der Waals surface area contributed by atoms with E-state index in [1.54, 1.807) is 15.3 Å². The minimum absolute atomic E-state index is 0.0697. The zero-order valence-electron chi connectivity index (χ0n) is 24.1. The van der Waals surface area contributed by atoms with Gasteiger partial charge in [0.1, 0.15) is 29.8 Å². The lowest BCUT2D eigenvalue weighted by Gasteiger charge is -2.32. The summed E-state index contributed by atoms with van der Waals surface area (Å²) in [5.41, 5.74) is 0.0549. The zero-order valence-corrected chi connectivity index (χ0v) is 24.1. The zero-order chi connectivity index (χ0) is 30.0. The number of rotatable bonds is 12. The second-order valence-electron chi connectivity index (χ2n) is 12.0. The second-order valence-corrected chi connectivity index (χ2v) is 12.0. The summed E-state index contributed by atoms with van der Waals surface area (Å²) < 4.78 is 46.8. The quantitative estimate of drug-likeness (QED) is 0.318. The van der Waals surface area contributed by atoms with E-state index in [9.17, 15) is 18.4 Å². The van der Waals surface area contributed by atoms with E-state index in [1.807, 2.05) is 13.8 Å². The Morgan fingerprint density at radius 1 is 1.12 bits per heavy atom. The van der Waals surface area contributed by atoms with Gasteiger partial charge in [-0.05, 0) is 63.4 Å². The molecular weight excluding hydrogens is 551 g/mol. The van der Waals surface area contributed by atoms with Crippen LogP contribution in [0.5, 0.6) is 0 Å². The molecule has 2 atom stereocenters. The summed E-state index contributed by atoms with van der Waals surface area (Å²) in [6.07, 6.45) is 6.17. The van der Waals surface area contributed by atoms with E-state index in [2.05, 4.69) is 38.0 Å². The lowest BCUT2D eigenvalue weighted by molar-refractivity contribution is -0.119. The van der Waals surface area contributed by atoms with Gasteiger partial charge in [0.15, 0.2) is 5.82 Å². The first-order valence-corrected chi connectivity index (χ1v) is 14.7. The number of anilines is 1. The molecule has 0 radical (unpaired) electrons. The van der Waals surface area contributed by atoms with Crippen molar-refractivity contribution in [3.63, 3.8) is 0 Å².